The summed E-state index contributed by atoms with van der Waals surface area (Å²) < 4.78 is 4.82. The van der Waals surface area contributed by atoms with Gasteiger partial charge in [0.1, 0.15) is 5.82 Å². The molecule has 0 bridgehead atoms. The van der Waals surface area contributed by atoms with Gasteiger partial charge in [0.2, 0.25) is 0 Å². The molecule has 0 unspecified atom stereocenters. The zero-order valence-corrected chi connectivity index (χ0v) is 11.9. The number of carbonyl (C=O) groups excluding carboxylic acids is 1. The number of hydrogen-bond acceptors (Lipinski definition) is 6. The first-order valence-electron chi connectivity index (χ1n) is 6.67. The van der Waals surface area contributed by atoms with Crippen molar-refractivity contribution in [3.63, 3.8) is 0 Å². The van der Waals surface area contributed by atoms with Crippen LogP contribution in [0.4, 0.5) is 5.82 Å². The fraction of sp³-hybridized carbons (Fsp3) is 0.200. The highest BCUT2D eigenvalue weighted by Crippen LogP contribution is 2.09. The monoisotopic (exact) mass is 301 g/mol. The Kier molecular flexibility index (Phi) is 5.02. The van der Waals surface area contributed by atoms with Crippen molar-refractivity contribution in [3.8, 4) is 0 Å². The molecular formula is C15H15N3O4. The predicted molar refractivity (Wildman–Crippen MR) is 78.7 cm³/mol. The maximum absolute atomic E-state index is 11.4. The Labute approximate surface area is 127 Å². The molecule has 0 fully saturated rings. The van der Waals surface area contributed by atoms with Gasteiger partial charge in [0, 0.05) is 6.54 Å². The Balaban J connectivity index is 1.98. The van der Waals surface area contributed by atoms with Gasteiger partial charge < -0.3 is 15.2 Å². The van der Waals surface area contributed by atoms with Gasteiger partial charge >= 0.3 is 11.9 Å². The van der Waals surface area contributed by atoms with Gasteiger partial charge in [0.25, 0.3) is 0 Å². The van der Waals surface area contributed by atoms with Crippen LogP contribution in [-0.2, 0) is 11.3 Å². The van der Waals surface area contributed by atoms with E-state index in [9.17, 15) is 9.59 Å². The number of aromatic carboxylic acids is 1. The van der Waals surface area contributed by atoms with Crippen molar-refractivity contribution in [2.45, 2.75) is 13.5 Å². The van der Waals surface area contributed by atoms with Crippen LogP contribution < -0.4 is 5.32 Å². The second-order valence-electron chi connectivity index (χ2n) is 4.38. The molecule has 0 spiro atoms. The molecule has 7 heteroatoms. The Morgan fingerprint density at radius 1 is 1.23 bits per heavy atom. The lowest BCUT2D eigenvalue weighted by molar-refractivity contribution is 0.0517. The number of anilines is 1. The third kappa shape index (κ3) is 4.02. The smallest absolute Gasteiger partial charge is 0.358 e. The molecule has 22 heavy (non-hydrogen) atoms. The molecule has 7 nitrogen and oxygen atoms in total. The van der Waals surface area contributed by atoms with E-state index in [2.05, 4.69) is 15.5 Å². The van der Waals surface area contributed by atoms with Crippen molar-refractivity contribution >= 4 is 17.8 Å². The van der Waals surface area contributed by atoms with E-state index in [0.717, 1.165) is 5.56 Å². The number of carboxylic acid groups (broad SMARTS) is 1. The molecule has 1 heterocycles. The summed E-state index contributed by atoms with van der Waals surface area (Å²) in [6, 6.07) is 9.71. The van der Waals surface area contributed by atoms with Crippen molar-refractivity contribution in [1.82, 2.24) is 10.2 Å². The number of ether oxygens (including phenoxy) is 1. The minimum Gasteiger partial charge on any atom is -0.478 e. The number of aromatic nitrogens is 2. The number of benzene rings is 1. The van der Waals surface area contributed by atoms with Crippen LogP contribution in [0, 0.1) is 0 Å². The first-order chi connectivity index (χ1) is 10.6. The SMILES string of the molecule is CCOC(=O)c1ccc(NCc2cccc(C(=O)O)c2)nn1. The van der Waals surface area contributed by atoms with E-state index in [-0.39, 0.29) is 17.9 Å². The fourth-order valence-corrected chi connectivity index (χ4v) is 1.75. The Bertz CT molecular complexity index is 671. The second kappa shape index (κ2) is 7.16. The van der Waals surface area contributed by atoms with Gasteiger partial charge in [0.15, 0.2) is 5.69 Å². The van der Waals surface area contributed by atoms with Crippen molar-refractivity contribution in [2.24, 2.45) is 0 Å². The predicted octanol–water partition coefficient (Wildman–Crippen LogP) is 1.96. The summed E-state index contributed by atoms with van der Waals surface area (Å²) in [4.78, 5) is 22.3. The van der Waals surface area contributed by atoms with E-state index >= 15 is 0 Å². The molecule has 0 aliphatic carbocycles. The number of carboxylic acids is 1. The molecule has 1 aromatic heterocycles. The zero-order valence-electron chi connectivity index (χ0n) is 11.9. The van der Waals surface area contributed by atoms with Crippen molar-refractivity contribution in [3.05, 3.63) is 53.2 Å². The second-order valence-corrected chi connectivity index (χ2v) is 4.38. The molecule has 0 aliphatic heterocycles. The number of hydrogen-bond donors (Lipinski definition) is 2. The third-order valence-electron chi connectivity index (χ3n) is 2.80. The summed E-state index contributed by atoms with van der Waals surface area (Å²) in [5.41, 5.74) is 1.17. The first-order valence-corrected chi connectivity index (χ1v) is 6.67. The zero-order chi connectivity index (χ0) is 15.9. The Hall–Kier alpha value is -2.96. The molecule has 2 rings (SSSR count). The summed E-state index contributed by atoms with van der Waals surface area (Å²) in [6.07, 6.45) is 0. The Morgan fingerprint density at radius 2 is 2.05 bits per heavy atom. The van der Waals surface area contributed by atoms with Crippen LogP contribution in [0.25, 0.3) is 0 Å². The van der Waals surface area contributed by atoms with Crippen molar-refractivity contribution in [2.75, 3.05) is 11.9 Å². The summed E-state index contributed by atoms with van der Waals surface area (Å²) in [7, 11) is 0. The minimum atomic E-state index is -0.972. The average Bonchev–Trinajstić information content (AvgIpc) is 2.54. The van der Waals surface area contributed by atoms with Crippen molar-refractivity contribution in [1.29, 1.82) is 0 Å². The van der Waals surface area contributed by atoms with Crippen LogP contribution in [0.2, 0.25) is 0 Å². The molecule has 0 saturated heterocycles. The van der Waals surface area contributed by atoms with Crippen LogP contribution in [0.15, 0.2) is 36.4 Å². The van der Waals surface area contributed by atoms with Gasteiger partial charge in [-0.1, -0.05) is 12.1 Å². The summed E-state index contributed by atoms with van der Waals surface area (Å²) in [6.45, 7) is 2.39. The number of rotatable bonds is 6. The van der Waals surface area contributed by atoms with Crippen LogP contribution >= 0.6 is 0 Å². The quantitative estimate of drug-likeness (QED) is 0.786. The maximum atomic E-state index is 11.4. The minimum absolute atomic E-state index is 0.139. The molecule has 0 saturated carbocycles. The lowest BCUT2D eigenvalue weighted by Gasteiger charge is -2.06. The highest BCUT2D eigenvalue weighted by atomic mass is 16.5. The third-order valence-corrected chi connectivity index (χ3v) is 2.80. The van der Waals surface area contributed by atoms with E-state index in [1.807, 2.05) is 0 Å². The highest BCUT2D eigenvalue weighted by molar-refractivity contribution is 5.88. The van der Waals surface area contributed by atoms with E-state index < -0.39 is 11.9 Å². The fourth-order valence-electron chi connectivity index (χ4n) is 1.75. The van der Waals surface area contributed by atoms with Gasteiger partial charge in [0.05, 0.1) is 12.2 Å². The molecule has 2 N–H and O–H groups in total. The van der Waals surface area contributed by atoms with Gasteiger partial charge in [-0.25, -0.2) is 9.59 Å². The molecule has 114 valence electrons. The summed E-state index contributed by atoms with van der Waals surface area (Å²) in [5, 5.41) is 19.6. The van der Waals surface area contributed by atoms with E-state index in [4.69, 9.17) is 9.84 Å². The van der Waals surface area contributed by atoms with Gasteiger partial charge in [-0.05, 0) is 36.8 Å². The van der Waals surface area contributed by atoms with E-state index in [1.165, 1.54) is 12.1 Å². The molecule has 0 radical (unpaired) electrons. The topological polar surface area (TPSA) is 101 Å². The molecule has 0 aliphatic rings. The summed E-state index contributed by atoms with van der Waals surface area (Å²) in [5.74, 6) is -1.01. The van der Waals surface area contributed by atoms with Crippen LogP contribution in [0.1, 0.15) is 33.3 Å². The van der Waals surface area contributed by atoms with Gasteiger partial charge in [-0.15, -0.1) is 10.2 Å². The molecule has 2 aromatic rings. The van der Waals surface area contributed by atoms with E-state index in [1.54, 1.807) is 31.2 Å². The number of carbonyl (C=O) groups is 2. The lowest BCUT2D eigenvalue weighted by Crippen LogP contribution is -2.09. The van der Waals surface area contributed by atoms with Crippen molar-refractivity contribution < 1.29 is 19.4 Å². The number of esters is 1. The first kappa shape index (κ1) is 15.4. The standard InChI is InChI=1S/C15H15N3O4/c1-2-22-15(21)12-6-7-13(18-17-12)16-9-10-4-3-5-11(8-10)14(19)20/h3-8H,2,9H2,1H3,(H,16,18)(H,19,20). The van der Waals surface area contributed by atoms with Gasteiger partial charge in [-0.3, -0.25) is 0 Å². The number of nitrogens with one attached hydrogen (secondary N) is 1. The summed E-state index contributed by atoms with van der Waals surface area (Å²) >= 11 is 0. The molecule has 0 atom stereocenters. The molecular weight excluding hydrogens is 286 g/mol. The van der Waals surface area contributed by atoms with Crippen LogP contribution in [-0.4, -0.2) is 33.8 Å². The van der Waals surface area contributed by atoms with Gasteiger partial charge in [-0.2, -0.15) is 0 Å². The van der Waals surface area contributed by atoms with Crippen LogP contribution in [0.3, 0.4) is 0 Å². The maximum Gasteiger partial charge on any atom is 0.358 e. The normalized spacial score (nSPS) is 10.0. The largest absolute Gasteiger partial charge is 0.478 e. The average molecular weight is 301 g/mol. The number of nitrogens with zero attached hydrogens (tertiary/aromatic N) is 2. The molecule has 0 amide bonds. The van der Waals surface area contributed by atoms with Crippen LogP contribution in [0.5, 0.6) is 0 Å². The molecule has 1 aromatic carbocycles. The van der Waals surface area contributed by atoms with E-state index in [0.29, 0.717) is 12.4 Å². The Morgan fingerprint density at radius 3 is 2.68 bits per heavy atom. The lowest BCUT2D eigenvalue weighted by atomic mass is 10.1. The highest BCUT2D eigenvalue weighted by Gasteiger charge is 2.08.